The van der Waals surface area contributed by atoms with Crippen molar-refractivity contribution in [3.63, 3.8) is 0 Å². The first-order valence-corrected chi connectivity index (χ1v) is 3.40. The van der Waals surface area contributed by atoms with Gasteiger partial charge in [-0.05, 0) is 0 Å². The summed E-state index contributed by atoms with van der Waals surface area (Å²) in [5.41, 5.74) is 2.55. The monoisotopic (exact) mass is 244 g/mol. The van der Waals surface area contributed by atoms with Crippen LogP contribution in [0.4, 0.5) is 0 Å². The van der Waals surface area contributed by atoms with Gasteiger partial charge in [0.05, 0.1) is 0 Å². The van der Waals surface area contributed by atoms with Gasteiger partial charge in [0.1, 0.15) is 0 Å². The molecule has 0 heterocycles. The molecule has 12 heavy (non-hydrogen) atoms. The molecule has 0 bridgehead atoms. The largest absolute Gasteiger partial charge is 2.00 e. The van der Waals surface area contributed by atoms with Crippen LogP contribution < -0.4 is 0 Å². The average molecular weight is 242 g/mol. The molecule has 1 aromatic carbocycles. The molecular formula is C11H14Mo. The molecule has 0 unspecified atom stereocenters. The molecule has 1 heteroatoms. The van der Waals surface area contributed by atoms with Crippen LogP contribution in [0.2, 0.25) is 0 Å². The van der Waals surface area contributed by atoms with Crippen molar-refractivity contribution >= 4 is 0 Å². The third kappa shape index (κ3) is 4.51. The standard InChI is InChI=1S/C10H11.CH3.Mo/c1-3-5-10-7-4-6-9(2)8-10;;/h3,6-8H,1,5H2,2H3;1H3;/q2*-1;+2. The quantitative estimate of drug-likeness (QED) is 0.425. The molecule has 0 N–H and O–H groups in total. The van der Waals surface area contributed by atoms with Crippen LogP contribution in [0.15, 0.2) is 30.9 Å². The van der Waals surface area contributed by atoms with Crippen LogP contribution in [-0.2, 0) is 27.5 Å². The van der Waals surface area contributed by atoms with Gasteiger partial charge in [0.25, 0.3) is 0 Å². The Kier molecular flexibility index (Phi) is 8.64. The fourth-order valence-electron chi connectivity index (χ4n) is 0.940. The second-order valence-corrected chi connectivity index (χ2v) is 2.41. The molecule has 0 fully saturated rings. The Morgan fingerprint density at radius 2 is 2.17 bits per heavy atom. The molecule has 0 saturated carbocycles. The van der Waals surface area contributed by atoms with E-state index in [1.165, 1.54) is 11.1 Å². The molecule has 0 spiro atoms. The van der Waals surface area contributed by atoms with Crippen LogP contribution in [0.3, 0.4) is 0 Å². The van der Waals surface area contributed by atoms with Crippen LogP contribution in [0.25, 0.3) is 0 Å². The van der Waals surface area contributed by atoms with Crippen LogP contribution in [0, 0.1) is 20.4 Å². The summed E-state index contributed by atoms with van der Waals surface area (Å²) in [4.78, 5) is 0. The normalized spacial score (nSPS) is 7.75. The molecule has 0 amide bonds. The third-order valence-electron chi connectivity index (χ3n) is 1.37. The molecule has 0 saturated heterocycles. The van der Waals surface area contributed by atoms with Crippen molar-refractivity contribution in [2.45, 2.75) is 13.3 Å². The molecule has 64 valence electrons. The van der Waals surface area contributed by atoms with Gasteiger partial charge in [0.2, 0.25) is 0 Å². The first-order valence-electron chi connectivity index (χ1n) is 3.40. The van der Waals surface area contributed by atoms with E-state index in [0.29, 0.717) is 0 Å². The molecule has 0 atom stereocenters. The Hall–Kier alpha value is -0.352. The van der Waals surface area contributed by atoms with Gasteiger partial charge in [0.15, 0.2) is 0 Å². The number of rotatable bonds is 2. The van der Waals surface area contributed by atoms with Gasteiger partial charge in [-0.1, -0.05) is 19.4 Å². The maximum atomic E-state index is 3.67. The van der Waals surface area contributed by atoms with Crippen molar-refractivity contribution in [2.75, 3.05) is 0 Å². The smallest absolute Gasteiger partial charge is 0.358 e. The number of allylic oxidation sites excluding steroid dienone is 1. The fourth-order valence-corrected chi connectivity index (χ4v) is 0.940. The van der Waals surface area contributed by atoms with Crippen LogP contribution in [0.1, 0.15) is 11.1 Å². The molecular weight excluding hydrogens is 228 g/mol. The molecule has 0 radical (unpaired) electrons. The molecule has 1 aromatic rings. The van der Waals surface area contributed by atoms with Crippen molar-refractivity contribution in [2.24, 2.45) is 0 Å². The number of hydrogen-bond acceptors (Lipinski definition) is 0. The van der Waals surface area contributed by atoms with Crippen LogP contribution in [-0.4, -0.2) is 0 Å². The Bertz CT molecular complexity index is 228. The summed E-state index contributed by atoms with van der Waals surface area (Å²) in [5, 5.41) is 0. The van der Waals surface area contributed by atoms with Gasteiger partial charge in [0, 0.05) is 0 Å². The van der Waals surface area contributed by atoms with Crippen molar-refractivity contribution in [1.82, 2.24) is 0 Å². The van der Waals surface area contributed by atoms with Gasteiger partial charge in [-0.2, -0.15) is 35.4 Å². The van der Waals surface area contributed by atoms with E-state index in [2.05, 4.69) is 25.6 Å². The van der Waals surface area contributed by atoms with Gasteiger partial charge in [-0.15, -0.1) is 6.58 Å². The Balaban J connectivity index is 0. The first-order chi connectivity index (χ1) is 4.83. The molecule has 0 nitrogen and oxygen atoms in total. The fraction of sp³-hybridized carbons (Fsp3) is 0.182. The predicted molar refractivity (Wildman–Crippen MR) is 50.3 cm³/mol. The minimum absolute atomic E-state index is 0. The summed E-state index contributed by atoms with van der Waals surface area (Å²) in [6, 6.07) is 9.19. The minimum atomic E-state index is 0. The van der Waals surface area contributed by atoms with Crippen LogP contribution in [0.5, 0.6) is 0 Å². The maximum Gasteiger partial charge on any atom is 2.00 e. The Morgan fingerprint density at radius 3 is 2.67 bits per heavy atom. The minimum Gasteiger partial charge on any atom is -0.358 e. The first kappa shape index (κ1) is 14.2. The van der Waals surface area contributed by atoms with Crippen molar-refractivity contribution in [3.05, 3.63) is 55.5 Å². The molecule has 0 aliphatic carbocycles. The van der Waals surface area contributed by atoms with E-state index in [9.17, 15) is 0 Å². The van der Waals surface area contributed by atoms with E-state index >= 15 is 0 Å². The van der Waals surface area contributed by atoms with Gasteiger partial charge >= 0.3 is 21.1 Å². The summed E-state index contributed by atoms with van der Waals surface area (Å²) >= 11 is 0. The number of aryl methyl sites for hydroxylation is 1. The van der Waals surface area contributed by atoms with E-state index in [0.717, 1.165) is 6.42 Å². The van der Waals surface area contributed by atoms with E-state index in [1.54, 1.807) is 0 Å². The molecule has 1 rings (SSSR count). The topological polar surface area (TPSA) is 0 Å². The summed E-state index contributed by atoms with van der Waals surface area (Å²) in [5.74, 6) is 0. The number of hydrogen-bond donors (Lipinski definition) is 0. The molecule has 0 aliphatic rings. The summed E-state index contributed by atoms with van der Waals surface area (Å²) < 4.78 is 0. The summed E-state index contributed by atoms with van der Waals surface area (Å²) in [6.07, 6.45) is 2.85. The SMILES string of the molecule is C=CCc1c[c-]cc(C)c1.[CH3-].[Mo+2]. The zero-order valence-electron chi connectivity index (χ0n) is 7.63. The van der Waals surface area contributed by atoms with Crippen molar-refractivity contribution in [3.8, 4) is 0 Å². The zero-order valence-corrected chi connectivity index (χ0v) is 9.64. The van der Waals surface area contributed by atoms with E-state index in [-0.39, 0.29) is 28.5 Å². The third-order valence-corrected chi connectivity index (χ3v) is 1.37. The zero-order chi connectivity index (χ0) is 7.40. The maximum absolute atomic E-state index is 3.67. The Morgan fingerprint density at radius 1 is 1.50 bits per heavy atom. The van der Waals surface area contributed by atoms with Crippen LogP contribution >= 0.6 is 0 Å². The summed E-state index contributed by atoms with van der Waals surface area (Å²) in [7, 11) is 0. The second-order valence-electron chi connectivity index (χ2n) is 2.41. The van der Waals surface area contributed by atoms with Gasteiger partial charge < -0.3 is 7.43 Å². The van der Waals surface area contributed by atoms with E-state index < -0.39 is 0 Å². The van der Waals surface area contributed by atoms with Crippen molar-refractivity contribution < 1.29 is 21.1 Å². The number of benzene rings is 1. The summed E-state index contributed by atoms with van der Waals surface area (Å²) in [6.45, 7) is 5.74. The molecule has 0 aromatic heterocycles. The molecule has 0 aliphatic heterocycles. The van der Waals surface area contributed by atoms with Gasteiger partial charge in [-0.3, -0.25) is 0 Å². The van der Waals surface area contributed by atoms with E-state index in [1.807, 2.05) is 18.2 Å². The van der Waals surface area contributed by atoms with E-state index in [4.69, 9.17) is 0 Å². The van der Waals surface area contributed by atoms with Crippen molar-refractivity contribution in [1.29, 1.82) is 0 Å². The Labute approximate surface area is 90.0 Å². The average Bonchev–Trinajstić information content (AvgIpc) is 1.88. The van der Waals surface area contributed by atoms with Gasteiger partial charge in [-0.25, -0.2) is 0 Å². The predicted octanol–water partition coefficient (Wildman–Crippen LogP) is 2.97. The second kappa shape index (κ2) is 7.31.